The first-order valence-corrected chi connectivity index (χ1v) is 11.2. The number of fused-ring (bicyclic) bond motifs is 3. The number of halogens is 2. The number of benzene rings is 3. The molecular weight excluding hydrogens is 457 g/mol. The van der Waals surface area contributed by atoms with Crippen LogP contribution >= 0.6 is 23.2 Å². The van der Waals surface area contributed by atoms with Crippen LogP contribution in [0.15, 0.2) is 66.2 Å². The van der Waals surface area contributed by atoms with Gasteiger partial charge >= 0.3 is 0 Å². The number of anilines is 3. The number of carbonyl (C=O) groups is 1. The number of para-hydroxylation sites is 1. The van der Waals surface area contributed by atoms with Crippen molar-refractivity contribution in [2.75, 3.05) is 10.6 Å². The number of aromatic nitrogens is 2. The van der Waals surface area contributed by atoms with Gasteiger partial charge in [0.2, 0.25) is 5.95 Å². The second-order valence-corrected chi connectivity index (χ2v) is 8.74. The lowest BCUT2D eigenvalue weighted by Gasteiger charge is -2.29. The zero-order valence-electron chi connectivity index (χ0n) is 18.0. The first-order chi connectivity index (χ1) is 15.9. The third kappa shape index (κ3) is 3.92. The lowest BCUT2D eigenvalue weighted by atomic mass is 10.0. The van der Waals surface area contributed by atoms with E-state index in [2.05, 4.69) is 27.0 Å². The lowest BCUT2D eigenvalue weighted by Crippen LogP contribution is -2.45. The summed E-state index contributed by atoms with van der Waals surface area (Å²) in [7, 11) is 1.85. The molecule has 0 radical (unpaired) electrons. The monoisotopic (exact) mass is 477 g/mol. The molecule has 0 fully saturated rings. The Morgan fingerprint density at radius 1 is 1.03 bits per heavy atom. The first kappa shape index (κ1) is 21.4. The van der Waals surface area contributed by atoms with E-state index in [9.17, 15) is 4.79 Å². The quantitative estimate of drug-likeness (QED) is 0.326. The minimum atomic E-state index is -0.310. The van der Waals surface area contributed by atoms with Gasteiger partial charge in [-0.05, 0) is 42.3 Å². The van der Waals surface area contributed by atoms with Gasteiger partial charge in [0.1, 0.15) is 6.17 Å². The van der Waals surface area contributed by atoms with Crippen molar-refractivity contribution in [3.8, 4) is 0 Å². The third-order valence-electron chi connectivity index (χ3n) is 5.69. The molecular formula is C25H21Cl2N5O. The van der Waals surface area contributed by atoms with Crippen molar-refractivity contribution in [3.05, 3.63) is 87.4 Å². The number of amides is 1. The average Bonchev–Trinajstić information content (AvgIpc) is 3.12. The maximum Gasteiger partial charge on any atom is 0.257 e. The van der Waals surface area contributed by atoms with Crippen molar-refractivity contribution >= 4 is 63.5 Å². The number of carbonyl (C=O) groups excluding carboxylic acids is 1. The summed E-state index contributed by atoms with van der Waals surface area (Å²) < 4.78 is 1.84. The number of rotatable bonds is 4. The minimum Gasteiger partial charge on any atom is -0.361 e. The van der Waals surface area contributed by atoms with Crippen molar-refractivity contribution in [1.29, 1.82) is 0 Å². The molecule has 0 saturated carbocycles. The SMILES string of the molecule is C/C(=C\c1ccccc1)C1NC(=O)c2c(ccc3nc(Nc4c(Cl)cccc4Cl)n(C)c23)N1. The Hall–Kier alpha value is -3.48. The smallest absolute Gasteiger partial charge is 0.257 e. The number of nitrogens with zero attached hydrogens (tertiary/aromatic N) is 2. The van der Waals surface area contributed by atoms with Crippen LogP contribution in [0, 0.1) is 0 Å². The van der Waals surface area contributed by atoms with E-state index < -0.39 is 0 Å². The standard InChI is InChI=1S/C25H21Cl2N5O/c1-14(13-15-7-4-3-5-8-15)23-28-18-11-12-19-22(20(18)24(33)31-23)32(2)25(29-19)30-21-16(26)9-6-10-17(21)27/h3-13,23,28H,1-2H3,(H,29,30)(H,31,33)/b14-13+. The van der Waals surface area contributed by atoms with Crippen LogP contribution in [-0.2, 0) is 7.05 Å². The zero-order valence-corrected chi connectivity index (χ0v) is 19.5. The Morgan fingerprint density at radius 2 is 1.76 bits per heavy atom. The molecule has 166 valence electrons. The van der Waals surface area contributed by atoms with Crippen LogP contribution in [0.4, 0.5) is 17.3 Å². The van der Waals surface area contributed by atoms with E-state index in [-0.39, 0.29) is 12.1 Å². The van der Waals surface area contributed by atoms with E-state index in [4.69, 9.17) is 23.2 Å². The predicted octanol–water partition coefficient (Wildman–Crippen LogP) is 6.21. The topological polar surface area (TPSA) is 71.0 Å². The molecule has 33 heavy (non-hydrogen) atoms. The van der Waals surface area contributed by atoms with E-state index in [0.29, 0.717) is 38.3 Å². The molecule has 0 aliphatic carbocycles. The molecule has 1 aliphatic heterocycles. The highest BCUT2D eigenvalue weighted by Gasteiger charge is 2.28. The summed E-state index contributed by atoms with van der Waals surface area (Å²) in [6.07, 6.45) is 1.75. The fourth-order valence-corrected chi connectivity index (χ4v) is 4.51. The normalized spacial score (nSPS) is 15.7. The average molecular weight is 478 g/mol. The summed E-state index contributed by atoms with van der Waals surface area (Å²) in [5, 5.41) is 10.7. The molecule has 1 unspecified atom stereocenters. The lowest BCUT2D eigenvalue weighted by molar-refractivity contribution is 0.0943. The molecule has 8 heteroatoms. The molecule has 1 aliphatic rings. The van der Waals surface area contributed by atoms with Crippen LogP contribution in [0.2, 0.25) is 10.0 Å². The predicted molar refractivity (Wildman–Crippen MR) is 135 cm³/mol. The second-order valence-electron chi connectivity index (χ2n) is 7.92. The van der Waals surface area contributed by atoms with Gasteiger partial charge in [-0.15, -0.1) is 0 Å². The molecule has 4 aromatic rings. The van der Waals surface area contributed by atoms with Crippen LogP contribution in [-0.4, -0.2) is 21.6 Å². The van der Waals surface area contributed by atoms with Crippen molar-refractivity contribution in [2.45, 2.75) is 13.1 Å². The van der Waals surface area contributed by atoms with Gasteiger partial charge in [0.15, 0.2) is 0 Å². The molecule has 1 atom stereocenters. The molecule has 0 saturated heterocycles. The van der Waals surface area contributed by atoms with Gasteiger partial charge in [-0.3, -0.25) is 4.79 Å². The summed E-state index contributed by atoms with van der Waals surface area (Å²) >= 11 is 12.6. The van der Waals surface area contributed by atoms with E-state index >= 15 is 0 Å². The highest BCUT2D eigenvalue weighted by molar-refractivity contribution is 6.39. The Bertz CT molecular complexity index is 1390. The Labute approximate surface area is 201 Å². The summed E-state index contributed by atoms with van der Waals surface area (Å²) in [5.74, 6) is 0.369. The maximum atomic E-state index is 13.2. The van der Waals surface area contributed by atoms with Gasteiger partial charge < -0.3 is 20.5 Å². The number of hydrogen-bond donors (Lipinski definition) is 3. The van der Waals surface area contributed by atoms with Gasteiger partial charge in [-0.2, -0.15) is 0 Å². The molecule has 0 spiro atoms. The summed E-state index contributed by atoms with van der Waals surface area (Å²) in [6, 6.07) is 19.1. The van der Waals surface area contributed by atoms with Gasteiger partial charge in [0.05, 0.1) is 38.0 Å². The van der Waals surface area contributed by atoms with Crippen LogP contribution in [0.1, 0.15) is 22.8 Å². The molecule has 1 aromatic heterocycles. The molecule has 3 aromatic carbocycles. The Kier molecular flexibility index (Phi) is 5.48. The summed E-state index contributed by atoms with van der Waals surface area (Å²) in [4.78, 5) is 17.9. The van der Waals surface area contributed by atoms with Gasteiger partial charge in [0, 0.05) is 7.05 Å². The van der Waals surface area contributed by atoms with Crippen LogP contribution < -0.4 is 16.0 Å². The summed E-state index contributed by atoms with van der Waals surface area (Å²) in [6.45, 7) is 1.99. The molecule has 6 nitrogen and oxygen atoms in total. The second kappa shape index (κ2) is 8.46. The molecule has 0 bridgehead atoms. The van der Waals surface area contributed by atoms with E-state index in [1.54, 1.807) is 18.2 Å². The van der Waals surface area contributed by atoms with E-state index in [0.717, 1.165) is 16.8 Å². The van der Waals surface area contributed by atoms with E-state index in [1.165, 1.54) is 0 Å². The van der Waals surface area contributed by atoms with Crippen molar-refractivity contribution in [3.63, 3.8) is 0 Å². The van der Waals surface area contributed by atoms with Gasteiger partial charge in [-0.1, -0.05) is 65.7 Å². The largest absolute Gasteiger partial charge is 0.361 e. The Balaban J connectivity index is 1.51. The van der Waals surface area contributed by atoms with Gasteiger partial charge in [0.25, 0.3) is 5.91 Å². The molecule has 5 rings (SSSR count). The van der Waals surface area contributed by atoms with Crippen LogP contribution in [0.3, 0.4) is 0 Å². The minimum absolute atomic E-state index is 0.162. The zero-order chi connectivity index (χ0) is 23.1. The fourth-order valence-electron chi connectivity index (χ4n) is 4.01. The number of aryl methyl sites for hydroxylation is 1. The molecule has 1 amide bonds. The van der Waals surface area contributed by atoms with Crippen molar-refractivity contribution < 1.29 is 4.79 Å². The third-order valence-corrected chi connectivity index (χ3v) is 6.32. The Morgan fingerprint density at radius 3 is 2.48 bits per heavy atom. The number of nitrogens with one attached hydrogen (secondary N) is 3. The van der Waals surface area contributed by atoms with E-state index in [1.807, 2.05) is 61.0 Å². The molecule has 2 heterocycles. The van der Waals surface area contributed by atoms with Crippen molar-refractivity contribution in [2.24, 2.45) is 7.05 Å². The van der Waals surface area contributed by atoms with Gasteiger partial charge in [-0.25, -0.2) is 4.98 Å². The highest BCUT2D eigenvalue weighted by Crippen LogP contribution is 2.35. The first-order valence-electron chi connectivity index (χ1n) is 10.4. The summed E-state index contributed by atoms with van der Waals surface area (Å²) in [5.41, 5.74) is 5.35. The maximum absolute atomic E-state index is 13.2. The molecule has 3 N–H and O–H groups in total. The number of hydrogen-bond acceptors (Lipinski definition) is 4. The van der Waals surface area contributed by atoms with Crippen LogP contribution in [0.25, 0.3) is 17.1 Å². The van der Waals surface area contributed by atoms with Crippen molar-refractivity contribution in [1.82, 2.24) is 14.9 Å². The van der Waals surface area contributed by atoms with Crippen LogP contribution in [0.5, 0.6) is 0 Å². The fraction of sp³-hybridized carbons (Fsp3) is 0.120. The highest BCUT2D eigenvalue weighted by atomic mass is 35.5. The number of imidazole rings is 1.